The van der Waals surface area contributed by atoms with Crippen molar-refractivity contribution in [3.05, 3.63) is 0 Å². The van der Waals surface area contributed by atoms with Gasteiger partial charge in [-0.05, 0) is 13.8 Å². The second-order valence-electron chi connectivity index (χ2n) is 1.93. The van der Waals surface area contributed by atoms with Gasteiger partial charge in [0.05, 0.1) is 0 Å². The lowest BCUT2D eigenvalue weighted by Gasteiger charge is -2.24. The highest BCUT2D eigenvalue weighted by molar-refractivity contribution is 6.62. The second kappa shape index (κ2) is 5.30. The van der Waals surface area contributed by atoms with Crippen molar-refractivity contribution in [2.45, 2.75) is 20.4 Å². The lowest BCUT2D eigenvalue weighted by atomic mass is 10.9. The number of rotatable bonds is 5. The molecule has 0 atom stereocenters. The molecule has 0 bridgehead atoms. The Hall–Kier alpha value is 0.629. The first kappa shape index (κ1) is 10.6. The molecule has 0 saturated heterocycles. The number of hydrogen-bond acceptors (Lipinski definition) is 3. The highest BCUT2D eigenvalue weighted by Crippen LogP contribution is 2.05. The van der Waals surface area contributed by atoms with E-state index < -0.39 is 8.80 Å². The van der Waals surface area contributed by atoms with Crippen LogP contribution in [0.15, 0.2) is 0 Å². The molecule has 0 aliphatic carbocycles. The van der Waals surface area contributed by atoms with E-state index in [1.807, 2.05) is 20.4 Å². The minimum absolute atomic E-state index is 0.672. The van der Waals surface area contributed by atoms with Crippen LogP contribution in [0.5, 0.6) is 0 Å². The Labute approximate surface area is 71.8 Å². The SMILES string of the molecule is CCO[Si](C)([O][AlH2])OCC. The fourth-order valence-corrected chi connectivity index (χ4v) is 2.76. The molecule has 3 nitrogen and oxygen atoms in total. The molecule has 0 saturated carbocycles. The zero-order chi connectivity index (χ0) is 8.04. The molecule has 0 rings (SSSR count). The standard InChI is InChI=1S/C5H13O3Si.Al.2H/c1-4-7-9(3,6)8-5-2;;;/h4-5H2,1-3H3;;;/q-1;+1;;. The first-order valence-electron chi connectivity index (χ1n) is 3.51. The van der Waals surface area contributed by atoms with Crippen LogP contribution in [0.2, 0.25) is 6.55 Å². The summed E-state index contributed by atoms with van der Waals surface area (Å²) in [5.41, 5.74) is 0. The van der Waals surface area contributed by atoms with Crippen LogP contribution >= 0.6 is 0 Å². The average Bonchev–Trinajstić information content (AvgIpc) is 1.89. The van der Waals surface area contributed by atoms with Crippen LogP contribution in [-0.2, 0) is 12.3 Å². The molecule has 0 aliphatic rings. The van der Waals surface area contributed by atoms with Crippen molar-refractivity contribution in [2.24, 2.45) is 0 Å². The van der Waals surface area contributed by atoms with E-state index in [9.17, 15) is 0 Å². The molecule has 0 aromatic rings. The van der Waals surface area contributed by atoms with E-state index in [2.05, 4.69) is 0 Å². The minimum Gasteiger partial charge on any atom is -0.509 e. The van der Waals surface area contributed by atoms with Gasteiger partial charge in [0.25, 0.3) is 0 Å². The van der Waals surface area contributed by atoms with Gasteiger partial charge in [-0.3, -0.25) is 0 Å². The maximum absolute atomic E-state index is 5.35. The molecular formula is C5H15AlO3Si. The van der Waals surface area contributed by atoms with E-state index in [0.29, 0.717) is 29.8 Å². The number of hydrogen-bond donors (Lipinski definition) is 0. The van der Waals surface area contributed by atoms with E-state index in [4.69, 9.17) is 12.3 Å². The third kappa shape index (κ3) is 3.71. The molecule has 0 aromatic heterocycles. The van der Waals surface area contributed by atoms with Crippen LogP contribution in [-0.4, -0.2) is 38.6 Å². The third-order valence-corrected chi connectivity index (χ3v) is 5.78. The summed E-state index contributed by atoms with van der Waals surface area (Å²) in [6, 6.07) is 0. The highest BCUT2D eigenvalue weighted by atomic mass is 28.4. The zero-order valence-corrected chi connectivity index (χ0v) is 10.1. The smallest absolute Gasteiger partial charge is 0.467 e. The second-order valence-corrected chi connectivity index (χ2v) is 5.87. The molecule has 0 amide bonds. The first-order chi connectivity index (χ1) is 4.68. The van der Waals surface area contributed by atoms with Crippen LogP contribution in [0.3, 0.4) is 0 Å². The Morgan fingerprint density at radius 2 is 1.60 bits per heavy atom. The van der Waals surface area contributed by atoms with Crippen molar-refractivity contribution in [1.29, 1.82) is 0 Å². The lowest BCUT2D eigenvalue weighted by molar-refractivity contribution is 0.128. The van der Waals surface area contributed by atoms with Gasteiger partial charge in [-0.25, -0.2) is 0 Å². The molecule has 10 heavy (non-hydrogen) atoms. The molecule has 0 aromatic carbocycles. The largest absolute Gasteiger partial charge is 0.509 e. The Balaban J connectivity index is 3.69. The van der Waals surface area contributed by atoms with E-state index in [0.717, 1.165) is 0 Å². The topological polar surface area (TPSA) is 27.7 Å². The Morgan fingerprint density at radius 3 is 1.80 bits per heavy atom. The highest BCUT2D eigenvalue weighted by Gasteiger charge is 2.29. The quantitative estimate of drug-likeness (QED) is 0.563. The summed E-state index contributed by atoms with van der Waals surface area (Å²) in [5.74, 6) is 0. The van der Waals surface area contributed by atoms with E-state index in [1.54, 1.807) is 0 Å². The summed E-state index contributed by atoms with van der Waals surface area (Å²) in [4.78, 5) is 0. The Morgan fingerprint density at radius 1 is 1.20 bits per heavy atom. The van der Waals surface area contributed by atoms with Gasteiger partial charge in [0.2, 0.25) is 0 Å². The fraction of sp³-hybridized carbons (Fsp3) is 1.00. The maximum atomic E-state index is 5.35. The molecule has 5 heteroatoms. The van der Waals surface area contributed by atoms with Crippen molar-refractivity contribution in [3.8, 4) is 0 Å². The van der Waals surface area contributed by atoms with Gasteiger partial charge in [0.1, 0.15) is 0 Å². The Bertz CT molecular complexity index is 85.0. The van der Waals surface area contributed by atoms with Crippen LogP contribution in [0, 0.1) is 0 Å². The third-order valence-electron chi connectivity index (χ3n) is 1.18. The van der Waals surface area contributed by atoms with Crippen LogP contribution in [0.25, 0.3) is 0 Å². The molecule has 0 N–H and O–H groups in total. The summed E-state index contributed by atoms with van der Waals surface area (Å²) in [6.07, 6.45) is 0. The van der Waals surface area contributed by atoms with Gasteiger partial charge >= 0.3 is 25.4 Å². The fourth-order valence-electron chi connectivity index (χ4n) is 0.684. The van der Waals surface area contributed by atoms with Gasteiger partial charge in [0, 0.05) is 19.8 Å². The van der Waals surface area contributed by atoms with Gasteiger partial charge in [-0.2, -0.15) is 0 Å². The summed E-state index contributed by atoms with van der Waals surface area (Å²) >= 11 is 0.687. The van der Waals surface area contributed by atoms with Crippen LogP contribution < -0.4 is 0 Å². The average molecular weight is 178 g/mol. The molecule has 60 valence electrons. The summed E-state index contributed by atoms with van der Waals surface area (Å²) in [6.45, 7) is 7.17. The summed E-state index contributed by atoms with van der Waals surface area (Å²) in [7, 11) is -2.16. The van der Waals surface area contributed by atoms with Gasteiger partial charge in [0.15, 0.2) is 0 Å². The van der Waals surface area contributed by atoms with Crippen molar-refractivity contribution >= 4 is 25.4 Å². The first-order valence-corrected chi connectivity index (χ1v) is 6.55. The molecule has 0 unspecified atom stereocenters. The van der Waals surface area contributed by atoms with E-state index in [-0.39, 0.29) is 0 Å². The van der Waals surface area contributed by atoms with Gasteiger partial charge in [-0.15, -0.1) is 0 Å². The molecule has 0 fully saturated rings. The zero-order valence-electron chi connectivity index (χ0n) is 7.14. The Kier molecular flexibility index (Phi) is 5.64. The van der Waals surface area contributed by atoms with Gasteiger partial charge in [-0.1, -0.05) is 0 Å². The molecule has 0 spiro atoms. The minimum atomic E-state index is -2.16. The molecular weight excluding hydrogens is 163 g/mol. The van der Waals surface area contributed by atoms with Crippen molar-refractivity contribution in [3.63, 3.8) is 0 Å². The summed E-state index contributed by atoms with van der Waals surface area (Å²) in [5, 5.41) is 0. The van der Waals surface area contributed by atoms with Crippen molar-refractivity contribution < 1.29 is 12.3 Å². The van der Waals surface area contributed by atoms with E-state index >= 15 is 0 Å². The normalized spacial score (nSPS) is 11.9. The lowest BCUT2D eigenvalue weighted by Crippen LogP contribution is -2.41. The molecule has 0 radical (unpaired) electrons. The van der Waals surface area contributed by atoms with Crippen LogP contribution in [0.4, 0.5) is 0 Å². The summed E-state index contributed by atoms with van der Waals surface area (Å²) < 4.78 is 15.9. The molecule has 0 aliphatic heterocycles. The van der Waals surface area contributed by atoms with E-state index in [1.165, 1.54) is 0 Å². The van der Waals surface area contributed by atoms with Gasteiger partial charge < -0.3 is 12.3 Å². The van der Waals surface area contributed by atoms with Crippen molar-refractivity contribution in [2.75, 3.05) is 13.2 Å². The van der Waals surface area contributed by atoms with Crippen molar-refractivity contribution in [1.82, 2.24) is 0 Å². The maximum Gasteiger partial charge on any atom is 0.467 e. The predicted molar refractivity (Wildman–Crippen MR) is 44.5 cm³/mol. The molecule has 0 heterocycles. The monoisotopic (exact) mass is 178 g/mol. The predicted octanol–water partition coefficient (Wildman–Crippen LogP) is 0.193. The van der Waals surface area contributed by atoms with Crippen LogP contribution in [0.1, 0.15) is 13.8 Å².